The molecule has 0 aromatic heterocycles. The second-order valence-electron chi connectivity index (χ2n) is 5.11. The molecule has 1 amide bonds. The van der Waals surface area contributed by atoms with Gasteiger partial charge in [-0.25, -0.2) is 0 Å². The van der Waals surface area contributed by atoms with Gasteiger partial charge in [0, 0.05) is 32.3 Å². The summed E-state index contributed by atoms with van der Waals surface area (Å²) in [7, 11) is 1.64. The van der Waals surface area contributed by atoms with Crippen molar-refractivity contribution in [1.29, 1.82) is 0 Å². The predicted octanol–water partition coefficient (Wildman–Crippen LogP) is 2.43. The molecule has 2 rings (SSSR count). The lowest BCUT2D eigenvalue weighted by Gasteiger charge is -2.22. The van der Waals surface area contributed by atoms with Crippen LogP contribution >= 0.6 is 0 Å². The van der Waals surface area contributed by atoms with Crippen molar-refractivity contribution in [2.75, 3.05) is 20.3 Å². The summed E-state index contributed by atoms with van der Waals surface area (Å²) in [4.78, 5) is 14.5. The van der Waals surface area contributed by atoms with Crippen LogP contribution in [-0.2, 0) is 17.8 Å². The fourth-order valence-electron chi connectivity index (χ4n) is 2.22. The monoisotopic (exact) mass is 298 g/mol. The van der Waals surface area contributed by atoms with E-state index in [0.29, 0.717) is 31.8 Å². The predicted molar refractivity (Wildman–Crippen MR) is 87.4 cm³/mol. The number of rotatable bonds is 7. The van der Waals surface area contributed by atoms with E-state index in [9.17, 15) is 4.79 Å². The van der Waals surface area contributed by atoms with Gasteiger partial charge in [-0.2, -0.15) is 0 Å². The maximum Gasteiger partial charge on any atom is 0.254 e. The van der Waals surface area contributed by atoms with E-state index in [1.54, 1.807) is 12.0 Å². The number of nitrogens with two attached hydrogens (primary N) is 1. The molecule has 0 heterocycles. The highest BCUT2D eigenvalue weighted by atomic mass is 16.5. The van der Waals surface area contributed by atoms with E-state index in [2.05, 4.69) is 0 Å². The van der Waals surface area contributed by atoms with Gasteiger partial charge in [0.15, 0.2) is 0 Å². The highest BCUT2D eigenvalue weighted by Gasteiger charge is 2.15. The zero-order valence-corrected chi connectivity index (χ0v) is 12.9. The zero-order chi connectivity index (χ0) is 15.8. The van der Waals surface area contributed by atoms with Gasteiger partial charge in [0.1, 0.15) is 0 Å². The molecular weight excluding hydrogens is 276 g/mol. The van der Waals surface area contributed by atoms with Gasteiger partial charge in [0.25, 0.3) is 5.91 Å². The number of carbonyl (C=O) groups is 1. The van der Waals surface area contributed by atoms with Crippen molar-refractivity contribution in [3.63, 3.8) is 0 Å². The lowest BCUT2D eigenvalue weighted by molar-refractivity contribution is 0.0680. The van der Waals surface area contributed by atoms with Gasteiger partial charge in [0.2, 0.25) is 0 Å². The molecule has 22 heavy (non-hydrogen) atoms. The van der Waals surface area contributed by atoms with Crippen molar-refractivity contribution in [3.8, 4) is 0 Å². The van der Waals surface area contributed by atoms with Crippen molar-refractivity contribution in [2.24, 2.45) is 5.73 Å². The largest absolute Gasteiger partial charge is 0.383 e. The maximum atomic E-state index is 12.7. The highest BCUT2D eigenvalue weighted by Crippen LogP contribution is 2.11. The lowest BCUT2D eigenvalue weighted by atomic mass is 10.1. The zero-order valence-electron chi connectivity index (χ0n) is 12.9. The Hall–Kier alpha value is -2.17. The number of methoxy groups -OCH3 is 1. The molecule has 0 saturated heterocycles. The highest BCUT2D eigenvalue weighted by molar-refractivity contribution is 5.94. The molecule has 0 aliphatic carbocycles. The smallest absolute Gasteiger partial charge is 0.254 e. The first-order valence-electron chi connectivity index (χ1n) is 7.35. The molecule has 0 aliphatic heterocycles. The molecule has 0 bridgehead atoms. The Balaban J connectivity index is 2.14. The number of amides is 1. The second kappa shape index (κ2) is 8.32. The van der Waals surface area contributed by atoms with E-state index < -0.39 is 0 Å². The van der Waals surface area contributed by atoms with Crippen LogP contribution in [0.15, 0.2) is 54.6 Å². The molecule has 0 spiro atoms. The molecule has 0 atom stereocenters. The van der Waals surface area contributed by atoms with Crippen molar-refractivity contribution >= 4 is 5.91 Å². The van der Waals surface area contributed by atoms with Gasteiger partial charge in [-0.05, 0) is 23.3 Å². The summed E-state index contributed by atoms with van der Waals surface area (Å²) in [6, 6.07) is 17.4. The molecule has 0 radical (unpaired) electrons. The number of ether oxygens (including phenoxy) is 1. The van der Waals surface area contributed by atoms with Gasteiger partial charge in [0.05, 0.1) is 6.61 Å². The van der Waals surface area contributed by atoms with Crippen LogP contribution in [0.1, 0.15) is 21.5 Å². The Morgan fingerprint density at radius 1 is 1.05 bits per heavy atom. The standard InChI is InChI=1S/C18H22N2O2/c1-22-12-11-20(14-16-5-3-2-4-6-16)18(21)17-9-7-15(13-19)8-10-17/h2-10H,11-14,19H2,1H3. The molecule has 116 valence electrons. The van der Waals surface area contributed by atoms with Gasteiger partial charge in [-0.3, -0.25) is 4.79 Å². The van der Waals surface area contributed by atoms with Crippen LogP contribution in [0.2, 0.25) is 0 Å². The number of nitrogens with zero attached hydrogens (tertiary/aromatic N) is 1. The Kier molecular flexibility index (Phi) is 6.13. The molecule has 0 aliphatic rings. The third-order valence-electron chi connectivity index (χ3n) is 3.51. The molecule has 2 aromatic carbocycles. The summed E-state index contributed by atoms with van der Waals surface area (Å²) in [5.74, 6) is 0.00414. The molecular formula is C18H22N2O2. The third kappa shape index (κ3) is 4.41. The summed E-state index contributed by atoms with van der Waals surface area (Å²) < 4.78 is 5.12. The summed E-state index contributed by atoms with van der Waals surface area (Å²) in [5, 5.41) is 0. The van der Waals surface area contributed by atoms with E-state index in [-0.39, 0.29) is 5.91 Å². The van der Waals surface area contributed by atoms with Gasteiger partial charge in [-0.15, -0.1) is 0 Å². The number of hydrogen-bond acceptors (Lipinski definition) is 3. The van der Waals surface area contributed by atoms with E-state index in [1.165, 1.54) is 0 Å². The van der Waals surface area contributed by atoms with E-state index in [1.807, 2.05) is 54.6 Å². The minimum atomic E-state index is 0.00414. The fraction of sp³-hybridized carbons (Fsp3) is 0.278. The minimum Gasteiger partial charge on any atom is -0.383 e. The van der Waals surface area contributed by atoms with Crippen LogP contribution in [-0.4, -0.2) is 31.1 Å². The molecule has 4 nitrogen and oxygen atoms in total. The van der Waals surface area contributed by atoms with Gasteiger partial charge < -0.3 is 15.4 Å². The first kappa shape index (κ1) is 16.2. The average molecular weight is 298 g/mol. The topological polar surface area (TPSA) is 55.6 Å². The number of hydrogen-bond donors (Lipinski definition) is 1. The third-order valence-corrected chi connectivity index (χ3v) is 3.51. The number of benzene rings is 2. The summed E-state index contributed by atoms with van der Waals surface area (Å²) in [6.45, 7) is 2.12. The average Bonchev–Trinajstić information content (AvgIpc) is 2.59. The van der Waals surface area contributed by atoms with Crippen LogP contribution in [0.4, 0.5) is 0 Å². The Morgan fingerprint density at radius 3 is 2.32 bits per heavy atom. The summed E-state index contributed by atoms with van der Waals surface area (Å²) in [5.41, 5.74) is 8.38. The second-order valence-corrected chi connectivity index (χ2v) is 5.11. The fourth-order valence-corrected chi connectivity index (χ4v) is 2.22. The molecule has 0 saturated carbocycles. The SMILES string of the molecule is COCCN(Cc1ccccc1)C(=O)c1ccc(CN)cc1. The van der Waals surface area contributed by atoms with Crippen LogP contribution in [0.25, 0.3) is 0 Å². The Labute approximate surface area is 131 Å². The Bertz CT molecular complexity index is 582. The van der Waals surface area contributed by atoms with Crippen LogP contribution < -0.4 is 5.73 Å². The van der Waals surface area contributed by atoms with Crippen molar-refractivity contribution in [2.45, 2.75) is 13.1 Å². The summed E-state index contributed by atoms with van der Waals surface area (Å²) in [6.07, 6.45) is 0. The number of carbonyl (C=O) groups excluding carboxylic acids is 1. The van der Waals surface area contributed by atoms with Crippen molar-refractivity contribution in [1.82, 2.24) is 4.90 Å². The molecule has 0 fully saturated rings. The van der Waals surface area contributed by atoms with E-state index in [4.69, 9.17) is 10.5 Å². The lowest BCUT2D eigenvalue weighted by Crippen LogP contribution is -2.33. The normalized spacial score (nSPS) is 10.5. The van der Waals surface area contributed by atoms with E-state index in [0.717, 1.165) is 11.1 Å². The van der Waals surface area contributed by atoms with Crippen LogP contribution in [0.3, 0.4) is 0 Å². The molecule has 2 N–H and O–H groups in total. The first-order chi connectivity index (χ1) is 10.7. The van der Waals surface area contributed by atoms with Crippen molar-refractivity contribution in [3.05, 3.63) is 71.3 Å². The van der Waals surface area contributed by atoms with Gasteiger partial charge >= 0.3 is 0 Å². The van der Waals surface area contributed by atoms with E-state index >= 15 is 0 Å². The Morgan fingerprint density at radius 2 is 1.73 bits per heavy atom. The quantitative estimate of drug-likeness (QED) is 0.854. The van der Waals surface area contributed by atoms with Crippen molar-refractivity contribution < 1.29 is 9.53 Å². The molecule has 2 aromatic rings. The van der Waals surface area contributed by atoms with Gasteiger partial charge in [-0.1, -0.05) is 42.5 Å². The minimum absolute atomic E-state index is 0.00414. The molecule has 0 unspecified atom stereocenters. The molecule has 4 heteroatoms. The van der Waals surface area contributed by atoms with Crippen LogP contribution in [0, 0.1) is 0 Å². The first-order valence-corrected chi connectivity index (χ1v) is 7.35. The maximum absolute atomic E-state index is 12.7. The summed E-state index contributed by atoms with van der Waals surface area (Å²) >= 11 is 0. The van der Waals surface area contributed by atoms with Crippen LogP contribution in [0.5, 0.6) is 0 Å².